The van der Waals surface area contributed by atoms with E-state index in [4.69, 9.17) is 9.94 Å². The van der Waals surface area contributed by atoms with E-state index in [1.54, 1.807) is 29.7 Å². The van der Waals surface area contributed by atoms with E-state index in [1.165, 1.54) is 0 Å². The second kappa shape index (κ2) is 8.71. The van der Waals surface area contributed by atoms with E-state index >= 15 is 0 Å². The average molecular weight is 420 g/mol. The van der Waals surface area contributed by atoms with Gasteiger partial charge >= 0.3 is 0 Å². The van der Waals surface area contributed by atoms with Crippen LogP contribution in [0.1, 0.15) is 28.0 Å². The molecule has 4 rings (SSSR count). The lowest BCUT2D eigenvalue weighted by atomic mass is 9.87. The third kappa shape index (κ3) is 4.65. The summed E-state index contributed by atoms with van der Waals surface area (Å²) in [5.74, 6) is -0.172. The van der Waals surface area contributed by atoms with Crippen molar-refractivity contribution in [3.63, 3.8) is 0 Å². The number of hydroxylamine groups is 1. The molecule has 2 aromatic carbocycles. The highest BCUT2D eigenvalue weighted by Gasteiger charge is 2.40. The Morgan fingerprint density at radius 3 is 2.58 bits per heavy atom. The quantitative estimate of drug-likeness (QED) is 0.344. The number of hydrogen-bond donors (Lipinski definition) is 4. The van der Waals surface area contributed by atoms with Gasteiger partial charge in [-0.25, -0.2) is 5.48 Å². The summed E-state index contributed by atoms with van der Waals surface area (Å²) in [7, 11) is 0. The summed E-state index contributed by atoms with van der Waals surface area (Å²) >= 11 is 0. The molecule has 0 atom stereocenters. The van der Waals surface area contributed by atoms with Crippen LogP contribution in [0.15, 0.2) is 54.6 Å². The van der Waals surface area contributed by atoms with Gasteiger partial charge in [0.2, 0.25) is 5.91 Å². The number of carbonyl (C=O) groups excluding carboxylic acids is 2. The number of rotatable bonds is 7. The SMILES string of the molecule is Cc1cc(COc2ccc(C(=O)NC3(CC(=O)NO)CNC3)cc2)c2ccccc2n1. The van der Waals surface area contributed by atoms with Crippen LogP contribution in [0.3, 0.4) is 0 Å². The number of amides is 2. The van der Waals surface area contributed by atoms with Gasteiger partial charge in [-0.1, -0.05) is 18.2 Å². The Balaban J connectivity index is 1.41. The van der Waals surface area contributed by atoms with Crippen LogP contribution in [0, 0.1) is 6.92 Å². The minimum atomic E-state index is -0.695. The van der Waals surface area contributed by atoms with Crippen LogP contribution in [0.4, 0.5) is 0 Å². The van der Waals surface area contributed by atoms with Gasteiger partial charge in [-0.15, -0.1) is 0 Å². The summed E-state index contributed by atoms with van der Waals surface area (Å²) in [5.41, 5.74) is 4.29. The maximum Gasteiger partial charge on any atom is 0.251 e. The maximum atomic E-state index is 12.6. The Hall–Kier alpha value is -3.49. The van der Waals surface area contributed by atoms with Crippen LogP contribution in [0.25, 0.3) is 10.9 Å². The van der Waals surface area contributed by atoms with Gasteiger partial charge < -0.3 is 15.4 Å². The predicted molar refractivity (Wildman–Crippen MR) is 115 cm³/mol. The van der Waals surface area contributed by atoms with Crippen LogP contribution < -0.4 is 20.9 Å². The van der Waals surface area contributed by atoms with Gasteiger partial charge in [0.05, 0.1) is 17.5 Å². The topological polar surface area (TPSA) is 113 Å². The molecule has 0 aliphatic carbocycles. The van der Waals surface area contributed by atoms with Crippen LogP contribution in [-0.4, -0.2) is 40.6 Å². The van der Waals surface area contributed by atoms with Gasteiger partial charge in [-0.05, 0) is 43.3 Å². The molecule has 4 N–H and O–H groups in total. The van der Waals surface area contributed by atoms with Gasteiger partial charge in [0.15, 0.2) is 0 Å². The molecule has 1 aliphatic rings. The van der Waals surface area contributed by atoms with Crippen molar-refractivity contribution in [2.24, 2.45) is 0 Å². The highest BCUT2D eigenvalue weighted by atomic mass is 16.5. The minimum absolute atomic E-state index is 0.00272. The Kier molecular flexibility index (Phi) is 5.83. The molecule has 0 unspecified atom stereocenters. The average Bonchev–Trinajstić information content (AvgIpc) is 2.75. The standard InChI is InChI=1S/C23H24N4O4/c1-15-10-17(19-4-2-3-5-20(19)25-15)12-31-18-8-6-16(7-9-18)22(29)26-23(13-24-14-23)11-21(28)27-30/h2-10,24,30H,11-14H2,1H3,(H,26,29)(H,27,28). The first-order valence-corrected chi connectivity index (χ1v) is 10.0. The highest BCUT2D eigenvalue weighted by Crippen LogP contribution is 2.22. The number of fused-ring (bicyclic) bond motifs is 1. The number of benzene rings is 2. The number of pyridine rings is 1. The molecule has 3 aromatic rings. The van der Waals surface area contributed by atoms with Crippen molar-refractivity contribution in [1.82, 2.24) is 21.1 Å². The number of nitrogens with one attached hydrogen (secondary N) is 3. The first-order valence-electron chi connectivity index (χ1n) is 10.0. The molecule has 0 saturated carbocycles. The van der Waals surface area contributed by atoms with Crippen molar-refractivity contribution in [2.45, 2.75) is 25.5 Å². The van der Waals surface area contributed by atoms with Crippen molar-refractivity contribution < 1.29 is 19.5 Å². The monoisotopic (exact) mass is 420 g/mol. The largest absolute Gasteiger partial charge is 0.489 e. The van der Waals surface area contributed by atoms with E-state index in [-0.39, 0.29) is 12.3 Å². The van der Waals surface area contributed by atoms with Crippen molar-refractivity contribution in [3.05, 3.63) is 71.4 Å². The zero-order chi connectivity index (χ0) is 21.8. The van der Waals surface area contributed by atoms with Crippen LogP contribution in [-0.2, 0) is 11.4 Å². The smallest absolute Gasteiger partial charge is 0.251 e. The Morgan fingerprint density at radius 1 is 1.16 bits per heavy atom. The van der Waals surface area contributed by atoms with E-state index < -0.39 is 11.4 Å². The summed E-state index contributed by atoms with van der Waals surface area (Å²) in [6, 6.07) is 16.8. The second-order valence-corrected chi connectivity index (χ2v) is 7.80. The third-order valence-electron chi connectivity index (χ3n) is 5.37. The molecule has 0 radical (unpaired) electrons. The normalized spacial score (nSPS) is 14.5. The molecule has 8 heteroatoms. The number of para-hydroxylation sites is 1. The van der Waals surface area contributed by atoms with Gasteiger partial charge in [0.1, 0.15) is 12.4 Å². The van der Waals surface area contributed by atoms with E-state index in [2.05, 4.69) is 15.6 Å². The lowest BCUT2D eigenvalue weighted by molar-refractivity contribution is -0.131. The van der Waals surface area contributed by atoms with E-state index in [0.29, 0.717) is 31.0 Å². The Bertz CT molecular complexity index is 1110. The minimum Gasteiger partial charge on any atom is -0.489 e. The van der Waals surface area contributed by atoms with Gasteiger partial charge in [-0.2, -0.15) is 0 Å². The van der Waals surface area contributed by atoms with Crippen molar-refractivity contribution >= 4 is 22.7 Å². The Labute approximate surface area is 179 Å². The second-order valence-electron chi connectivity index (χ2n) is 7.80. The number of hydrogen-bond acceptors (Lipinski definition) is 6. The van der Waals surface area contributed by atoms with E-state index in [1.807, 2.05) is 37.3 Å². The number of aryl methyl sites for hydroxylation is 1. The summed E-state index contributed by atoms with van der Waals surface area (Å²) in [5, 5.41) is 15.7. The van der Waals surface area contributed by atoms with Crippen LogP contribution in [0.2, 0.25) is 0 Å². The third-order valence-corrected chi connectivity index (χ3v) is 5.37. The maximum absolute atomic E-state index is 12.6. The molecule has 8 nitrogen and oxygen atoms in total. The molecule has 1 aromatic heterocycles. The van der Waals surface area contributed by atoms with Gasteiger partial charge in [0, 0.05) is 35.3 Å². The molecule has 0 spiro atoms. The molecular formula is C23H24N4O4. The van der Waals surface area contributed by atoms with Gasteiger partial charge in [-0.3, -0.25) is 19.8 Å². The lowest BCUT2D eigenvalue weighted by Crippen LogP contribution is -2.70. The number of carbonyl (C=O) groups is 2. The number of aromatic nitrogens is 1. The van der Waals surface area contributed by atoms with Crippen LogP contribution >= 0.6 is 0 Å². The molecule has 0 bridgehead atoms. The summed E-state index contributed by atoms with van der Waals surface area (Å²) in [6.45, 7) is 3.28. The molecule has 2 amide bonds. The van der Waals surface area contributed by atoms with Crippen molar-refractivity contribution in [2.75, 3.05) is 13.1 Å². The number of nitrogens with zero attached hydrogens (tertiary/aromatic N) is 1. The zero-order valence-corrected chi connectivity index (χ0v) is 17.1. The molecular weight excluding hydrogens is 396 g/mol. The Morgan fingerprint density at radius 2 is 1.90 bits per heavy atom. The van der Waals surface area contributed by atoms with E-state index in [9.17, 15) is 9.59 Å². The lowest BCUT2D eigenvalue weighted by Gasteiger charge is -2.42. The molecule has 1 aliphatic heterocycles. The molecule has 160 valence electrons. The summed E-state index contributed by atoms with van der Waals surface area (Å²) in [4.78, 5) is 28.7. The first-order chi connectivity index (χ1) is 15.0. The highest BCUT2D eigenvalue weighted by molar-refractivity contribution is 5.95. The predicted octanol–water partition coefficient (Wildman–Crippen LogP) is 2.09. The zero-order valence-electron chi connectivity index (χ0n) is 17.1. The summed E-state index contributed by atoms with van der Waals surface area (Å²) < 4.78 is 5.94. The fourth-order valence-corrected chi connectivity index (χ4v) is 3.72. The molecule has 1 saturated heterocycles. The molecule has 1 fully saturated rings. The fraction of sp³-hybridized carbons (Fsp3) is 0.261. The summed E-state index contributed by atoms with van der Waals surface area (Å²) in [6.07, 6.45) is 0.00272. The molecule has 2 heterocycles. The van der Waals surface area contributed by atoms with Crippen molar-refractivity contribution in [1.29, 1.82) is 0 Å². The fourth-order valence-electron chi connectivity index (χ4n) is 3.72. The van der Waals surface area contributed by atoms with Gasteiger partial charge in [0.25, 0.3) is 5.91 Å². The molecule has 31 heavy (non-hydrogen) atoms. The first kappa shape index (κ1) is 20.8. The van der Waals surface area contributed by atoms with E-state index in [0.717, 1.165) is 22.2 Å². The van der Waals surface area contributed by atoms with Crippen LogP contribution in [0.5, 0.6) is 5.75 Å². The number of ether oxygens (including phenoxy) is 1. The van der Waals surface area contributed by atoms with Crippen molar-refractivity contribution in [3.8, 4) is 5.75 Å².